The number of methoxy groups -OCH3 is 1. The Hall–Kier alpha value is -2.99. The molecule has 0 radical (unpaired) electrons. The summed E-state index contributed by atoms with van der Waals surface area (Å²) in [4.78, 5) is 3.11. The Labute approximate surface area is 149 Å². The van der Waals surface area contributed by atoms with Gasteiger partial charge in [-0.25, -0.2) is 0 Å². The van der Waals surface area contributed by atoms with Crippen molar-refractivity contribution in [1.29, 1.82) is 0 Å². The lowest BCUT2D eigenvalue weighted by Crippen LogP contribution is -2.07. The molecule has 0 fully saturated rings. The largest absolute Gasteiger partial charge is 0.496 e. The summed E-state index contributed by atoms with van der Waals surface area (Å²) >= 11 is 0. The smallest absolute Gasteiger partial charge is 0.221 e. The van der Waals surface area contributed by atoms with Gasteiger partial charge in [0.05, 0.1) is 7.11 Å². The number of nitrogens with zero attached hydrogens (tertiary/aromatic N) is 1. The minimum atomic E-state index is -1.38. The maximum atomic E-state index is 13.9. The number of pyridine rings is 1. The molecule has 1 unspecified atom stereocenters. The molecule has 2 aromatic carbocycles. The Kier molecular flexibility index (Phi) is 5.43. The lowest BCUT2D eigenvalue weighted by molar-refractivity contribution is 0.206. The molecule has 0 bridgehead atoms. The van der Waals surface area contributed by atoms with Gasteiger partial charge in [-0.3, -0.25) is 0 Å². The molecule has 3 aromatic rings. The number of hydrogen-bond donors (Lipinski definition) is 1. The average Bonchev–Trinajstić information content (AvgIpc) is 2.66. The van der Waals surface area contributed by atoms with Crippen molar-refractivity contribution in [2.75, 3.05) is 7.11 Å². The van der Waals surface area contributed by atoms with E-state index in [-0.39, 0.29) is 5.56 Å². The maximum Gasteiger partial charge on any atom is 0.221 e. The summed E-state index contributed by atoms with van der Waals surface area (Å²) in [5.41, 5.74) is 1.13. The zero-order valence-electron chi connectivity index (χ0n) is 14.0. The first kappa shape index (κ1) is 17.8. The van der Waals surface area contributed by atoms with E-state index in [9.17, 15) is 13.9 Å². The minimum absolute atomic E-state index is 0.148. The molecule has 4 nitrogen and oxygen atoms in total. The van der Waals surface area contributed by atoms with E-state index in [0.717, 1.165) is 17.7 Å². The Morgan fingerprint density at radius 3 is 2.46 bits per heavy atom. The first-order valence-corrected chi connectivity index (χ1v) is 7.93. The van der Waals surface area contributed by atoms with Crippen molar-refractivity contribution in [3.05, 3.63) is 89.2 Å². The highest BCUT2D eigenvalue weighted by Gasteiger charge is 2.21. The Morgan fingerprint density at radius 2 is 1.77 bits per heavy atom. The fourth-order valence-electron chi connectivity index (χ4n) is 2.55. The predicted octanol–water partition coefficient (Wildman–Crippen LogP) is 4.03. The van der Waals surface area contributed by atoms with E-state index in [1.807, 2.05) is 30.3 Å². The van der Waals surface area contributed by atoms with Crippen LogP contribution in [-0.2, 0) is 6.61 Å². The van der Waals surface area contributed by atoms with Crippen molar-refractivity contribution in [3.63, 3.8) is 0 Å². The van der Waals surface area contributed by atoms with Crippen LogP contribution < -0.4 is 9.47 Å². The van der Waals surface area contributed by atoms with Crippen LogP contribution in [0.3, 0.4) is 0 Å². The molecule has 0 spiro atoms. The summed E-state index contributed by atoms with van der Waals surface area (Å²) in [7, 11) is 1.44. The van der Waals surface area contributed by atoms with Gasteiger partial charge in [-0.1, -0.05) is 30.3 Å². The second kappa shape index (κ2) is 7.93. The molecule has 0 amide bonds. The number of ether oxygens (including phenoxy) is 2. The van der Waals surface area contributed by atoms with Gasteiger partial charge in [0.1, 0.15) is 24.2 Å². The topological polar surface area (TPSA) is 51.6 Å². The standard InChI is InChI=1S/C20H17F2NO3/c1-25-17-9-7-14(26-12-13-5-3-2-4-6-13)11-16(17)19(24)15-8-10-18(21)23-20(15)22/h2-11,19,24H,12H2,1H3. The average molecular weight is 357 g/mol. The van der Waals surface area contributed by atoms with E-state index in [2.05, 4.69) is 4.98 Å². The van der Waals surface area contributed by atoms with Crippen molar-refractivity contribution in [1.82, 2.24) is 4.98 Å². The van der Waals surface area contributed by atoms with Gasteiger partial charge in [0, 0.05) is 11.1 Å². The third kappa shape index (κ3) is 3.97. The second-order valence-corrected chi connectivity index (χ2v) is 5.59. The number of aliphatic hydroxyl groups excluding tert-OH is 1. The van der Waals surface area contributed by atoms with Crippen molar-refractivity contribution >= 4 is 0 Å². The Morgan fingerprint density at radius 1 is 1.00 bits per heavy atom. The summed E-state index contributed by atoms with van der Waals surface area (Å²) in [5.74, 6) is -1.19. The van der Waals surface area contributed by atoms with Crippen LogP contribution in [0.15, 0.2) is 60.7 Å². The minimum Gasteiger partial charge on any atom is -0.496 e. The Bertz CT molecular complexity index is 887. The first-order chi connectivity index (χ1) is 12.6. The number of rotatable bonds is 6. The van der Waals surface area contributed by atoms with Crippen LogP contribution in [0.5, 0.6) is 11.5 Å². The SMILES string of the molecule is COc1ccc(OCc2ccccc2)cc1C(O)c1ccc(F)nc1F. The molecule has 0 saturated carbocycles. The number of aliphatic hydroxyl groups is 1. The molecule has 134 valence electrons. The molecule has 1 atom stereocenters. The molecule has 26 heavy (non-hydrogen) atoms. The van der Waals surface area contributed by atoms with Crippen LogP contribution in [0.2, 0.25) is 0 Å². The first-order valence-electron chi connectivity index (χ1n) is 7.93. The van der Waals surface area contributed by atoms with E-state index in [1.165, 1.54) is 7.11 Å². The van der Waals surface area contributed by atoms with Gasteiger partial charge in [-0.05, 0) is 35.9 Å². The van der Waals surface area contributed by atoms with Crippen LogP contribution in [0.1, 0.15) is 22.8 Å². The third-order valence-electron chi connectivity index (χ3n) is 3.88. The van der Waals surface area contributed by atoms with Crippen LogP contribution in [0.25, 0.3) is 0 Å². The van der Waals surface area contributed by atoms with Gasteiger partial charge in [0.25, 0.3) is 0 Å². The number of halogens is 2. The van der Waals surface area contributed by atoms with Crippen LogP contribution in [0, 0.1) is 11.9 Å². The second-order valence-electron chi connectivity index (χ2n) is 5.59. The maximum absolute atomic E-state index is 13.9. The van der Waals surface area contributed by atoms with Gasteiger partial charge in [0.2, 0.25) is 11.9 Å². The molecule has 0 aliphatic heterocycles. The third-order valence-corrected chi connectivity index (χ3v) is 3.88. The quantitative estimate of drug-likeness (QED) is 0.677. The molecule has 1 N–H and O–H groups in total. The van der Waals surface area contributed by atoms with Gasteiger partial charge in [0.15, 0.2) is 0 Å². The molecule has 0 saturated heterocycles. The van der Waals surface area contributed by atoms with Gasteiger partial charge in [-0.15, -0.1) is 0 Å². The lowest BCUT2D eigenvalue weighted by Gasteiger charge is -2.17. The van der Waals surface area contributed by atoms with Crippen molar-refractivity contribution in [2.45, 2.75) is 12.7 Å². The fourth-order valence-corrected chi connectivity index (χ4v) is 2.55. The molecular weight excluding hydrogens is 340 g/mol. The summed E-state index contributed by atoms with van der Waals surface area (Å²) in [5, 5.41) is 10.5. The zero-order valence-corrected chi connectivity index (χ0v) is 14.0. The molecule has 0 aliphatic rings. The van der Waals surface area contributed by atoms with Crippen LogP contribution >= 0.6 is 0 Å². The summed E-state index contributed by atoms with van der Waals surface area (Å²) in [6, 6.07) is 16.6. The monoisotopic (exact) mass is 357 g/mol. The summed E-state index contributed by atoms with van der Waals surface area (Å²) < 4.78 is 37.9. The molecule has 6 heteroatoms. The molecule has 1 aromatic heterocycles. The fraction of sp³-hybridized carbons (Fsp3) is 0.150. The normalized spacial score (nSPS) is 11.8. The van der Waals surface area contributed by atoms with Crippen LogP contribution in [0.4, 0.5) is 8.78 Å². The summed E-state index contributed by atoms with van der Waals surface area (Å²) in [6.45, 7) is 0.342. The van der Waals surface area contributed by atoms with Crippen molar-refractivity contribution in [3.8, 4) is 11.5 Å². The highest BCUT2D eigenvalue weighted by molar-refractivity contribution is 5.45. The predicted molar refractivity (Wildman–Crippen MR) is 92.0 cm³/mol. The zero-order chi connectivity index (χ0) is 18.5. The van der Waals surface area contributed by atoms with Gasteiger partial charge in [-0.2, -0.15) is 13.8 Å². The number of hydrogen-bond acceptors (Lipinski definition) is 4. The highest BCUT2D eigenvalue weighted by Crippen LogP contribution is 2.34. The van der Waals surface area contributed by atoms with E-state index in [4.69, 9.17) is 9.47 Å². The summed E-state index contributed by atoms with van der Waals surface area (Å²) in [6.07, 6.45) is -1.38. The Balaban J connectivity index is 1.87. The number of benzene rings is 2. The van der Waals surface area contributed by atoms with E-state index < -0.39 is 18.0 Å². The van der Waals surface area contributed by atoms with Crippen LogP contribution in [-0.4, -0.2) is 17.2 Å². The van der Waals surface area contributed by atoms with Crippen molar-refractivity contribution in [2.24, 2.45) is 0 Å². The van der Waals surface area contributed by atoms with Crippen molar-refractivity contribution < 1.29 is 23.4 Å². The van der Waals surface area contributed by atoms with E-state index >= 15 is 0 Å². The molecular formula is C20H17F2NO3. The molecule has 1 heterocycles. The lowest BCUT2D eigenvalue weighted by atomic mass is 10.0. The molecule has 3 rings (SSSR count). The molecule has 0 aliphatic carbocycles. The van der Waals surface area contributed by atoms with E-state index in [1.54, 1.807) is 18.2 Å². The highest BCUT2D eigenvalue weighted by atomic mass is 19.1. The van der Waals surface area contributed by atoms with Gasteiger partial charge >= 0.3 is 0 Å². The number of aromatic nitrogens is 1. The van der Waals surface area contributed by atoms with E-state index in [0.29, 0.717) is 23.7 Å². The van der Waals surface area contributed by atoms with Gasteiger partial charge < -0.3 is 14.6 Å².